The molecule has 1 N–H and O–H groups in total. The molecule has 0 saturated carbocycles. The number of halogens is 2. The third kappa shape index (κ3) is 2.74. The quantitative estimate of drug-likeness (QED) is 0.910. The van der Waals surface area contributed by atoms with Gasteiger partial charge in [0.25, 0.3) is 0 Å². The SMILES string of the molecule is CC(c1ccncc1)C(O)c1cccc(Br)c1Cl. The second-order valence-electron chi connectivity index (χ2n) is 4.16. The molecule has 0 saturated heterocycles. The Hall–Kier alpha value is -0.900. The lowest BCUT2D eigenvalue weighted by Gasteiger charge is -2.21. The lowest BCUT2D eigenvalue weighted by Crippen LogP contribution is -2.08. The second-order valence-corrected chi connectivity index (χ2v) is 5.39. The number of pyridine rings is 1. The molecule has 94 valence electrons. The monoisotopic (exact) mass is 325 g/mol. The maximum absolute atomic E-state index is 10.4. The number of hydrogen-bond acceptors (Lipinski definition) is 2. The Bertz CT molecular complexity index is 533. The van der Waals surface area contributed by atoms with E-state index in [-0.39, 0.29) is 5.92 Å². The molecule has 0 fully saturated rings. The highest BCUT2D eigenvalue weighted by Crippen LogP contribution is 2.36. The van der Waals surface area contributed by atoms with Crippen LogP contribution in [0.2, 0.25) is 5.02 Å². The van der Waals surface area contributed by atoms with Gasteiger partial charge in [-0.3, -0.25) is 4.98 Å². The van der Waals surface area contributed by atoms with Crippen molar-refractivity contribution in [1.29, 1.82) is 0 Å². The summed E-state index contributed by atoms with van der Waals surface area (Å²) in [7, 11) is 0. The van der Waals surface area contributed by atoms with Crippen LogP contribution in [0.3, 0.4) is 0 Å². The normalized spacial score (nSPS) is 14.2. The van der Waals surface area contributed by atoms with Crippen molar-refractivity contribution in [3.05, 3.63) is 63.3 Å². The van der Waals surface area contributed by atoms with Gasteiger partial charge in [0.2, 0.25) is 0 Å². The molecule has 2 atom stereocenters. The number of aliphatic hydroxyl groups is 1. The van der Waals surface area contributed by atoms with Crippen LogP contribution in [0.5, 0.6) is 0 Å². The average molecular weight is 327 g/mol. The fourth-order valence-corrected chi connectivity index (χ4v) is 2.49. The van der Waals surface area contributed by atoms with E-state index in [4.69, 9.17) is 11.6 Å². The molecule has 0 amide bonds. The highest BCUT2D eigenvalue weighted by Gasteiger charge is 2.21. The maximum atomic E-state index is 10.4. The first-order chi connectivity index (χ1) is 8.61. The zero-order valence-corrected chi connectivity index (χ0v) is 12.2. The summed E-state index contributed by atoms with van der Waals surface area (Å²) in [5.74, 6) is -0.0419. The van der Waals surface area contributed by atoms with Crippen LogP contribution >= 0.6 is 27.5 Å². The zero-order valence-electron chi connectivity index (χ0n) is 9.85. The number of rotatable bonds is 3. The van der Waals surface area contributed by atoms with Crippen molar-refractivity contribution in [3.63, 3.8) is 0 Å². The highest BCUT2D eigenvalue weighted by molar-refractivity contribution is 9.10. The fraction of sp³-hybridized carbons (Fsp3) is 0.214. The molecule has 0 aliphatic rings. The number of aliphatic hydroxyl groups excluding tert-OH is 1. The van der Waals surface area contributed by atoms with Gasteiger partial charge in [0.15, 0.2) is 0 Å². The van der Waals surface area contributed by atoms with E-state index >= 15 is 0 Å². The minimum absolute atomic E-state index is 0.0419. The van der Waals surface area contributed by atoms with Gasteiger partial charge in [0.05, 0.1) is 11.1 Å². The van der Waals surface area contributed by atoms with Crippen LogP contribution in [0, 0.1) is 0 Å². The third-order valence-electron chi connectivity index (χ3n) is 3.01. The minimum Gasteiger partial charge on any atom is -0.388 e. The lowest BCUT2D eigenvalue weighted by molar-refractivity contribution is 0.151. The molecule has 0 aliphatic heterocycles. The van der Waals surface area contributed by atoms with Gasteiger partial charge in [-0.1, -0.05) is 30.7 Å². The third-order valence-corrected chi connectivity index (χ3v) is 4.32. The van der Waals surface area contributed by atoms with Crippen molar-refractivity contribution in [2.75, 3.05) is 0 Å². The van der Waals surface area contributed by atoms with Gasteiger partial charge in [-0.15, -0.1) is 0 Å². The summed E-state index contributed by atoms with van der Waals surface area (Å²) < 4.78 is 0.794. The van der Waals surface area contributed by atoms with E-state index < -0.39 is 6.10 Å². The maximum Gasteiger partial charge on any atom is 0.0870 e. The van der Waals surface area contributed by atoms with E-state index in [0.29, 0.717) is 5.02 Å². The molecule has 2 nitrogen and oxygen atoms in total. The first kappa shape index (κ1) is 13.5. The molecular weight excluding hydrogens is 314 g/mol. The first-order valence-electron chi connectivity index (χ1n) is 5.63. The van der Waals surface area contributed by atoms with E-state index in [9.17, 15) is 5.11 Å². The van der Waals surface area contributed by atoms with Crippen LogP contribution in [-0.4, -0.2) is 10.1 Å². The van der Waals surface area contributed by atoms with Gasteiger partial charge in [-0.25, -0.2) is 0 Å². The van der Waals surface area contributed by atoms with Crippen molar-refractivity contribution in [1.82, 2.24) is 4.98 Å². The van der Waals surface area contributed by atoms with Crippen LogP contribution in [0.1, 0.15) is 30.1 Å². The number of benzene rings is 1. The van der Waals surface area contributed by atoms with Crippen LogP contribution in [-0.2, 0) is 0 Å². The largest absolute Gasteiger partial charge is 0.388 e. The van der Waals surface area contributed by atoms with Gasteiger partial charge in [-0.2, -0.15) is 0 Å². The summed E-state index contributed by atoms with van der Waals surface area (Å²) >= 11 is 9.57. The second kappa shape index (κ2) is 5.83. The van der Waals surface area contributed by atoms with Crippen molar-refractivity contribution in [3.8, 4) is 0 Å². The predicted molar refractivity (Wildman–Crippen MR) is 76.8 cm³/mol. The van der Waals surface area contributed by atoms with Crippen molar-refractivity contribution in [2.45, 2.75) is 18.9 Å². The zero-order chi connectivity index (χ0) is 13.1. The summed E-state index contributed by atoms with van der Waals surface area (Å²) in [6, 6.07) is 9.37. The van der Waals surface area contributed by atoms with Crippen LogP contribution in [0.4, 0.5) is 0 Å². The lowest BCUT2D eigenvalue weighted by atomic mass is 9.91. The number of aromatic nitrogens is 1. The van der Waals surface area contributed by atoms with E-state index in [0.717, 1.165) is 15.6 Å². The summed E-state index contributed by atoms with van der Waals surface area (Å²) in [6.07, 6.45) is 2.81. The smallest absolute Gasteiger partial charge is 0.0870 e. The summed E-state index contributed by atoms with van der Waals surface area (Å²) in [5, 5.41) is 11.0. The van der Waals surface area contributed by atoms with Crippen LogP contribution in [0.15, 0.2) is 47.2 Å². The standard InChI is InChI=1S/C14H13BrClNO/c1-9(10-5-7-17-8-6-10)14(18)11-3-2-4-12(15)13(11)16/h2-9,14,18H,1H3. The van der Waals surface area contributed by atoms with E-state index in [1.807, 2.05) is 37.3 Å². The summed E-state index contributed by atoms with van der Waals surface area (Å²) in [6.45, 7) is 1.97. The molecule has 0 radical (unpaired) electrons. The van der Waals surface area contributed by atoms with Crippen molar-refractivity contribution < 1.29 is 5.11 Å². The first-order valence-corrected chi connectivity index (χ1v) is 6.80. The molecule has 2 rings (SSSR count). The molecule has 0 bridgehead atoms. The van der Waals surface area contributed by atoms with Gasteiger partial charge in [0.1, 0.15) is 0 Å². The summed E-state index contributed by atoms with van der Waals surface area (Å²) in [5.41, 5.74) is 1.77. The van der Waals surface area contributed by atoms with Gasteiger partial charge >= 0.3 is 0 Å². The van der Waals surface area contributed by atoms with E-state index in [2.05, 4.69) is 20.9 Å². The topological polar surface area (TPSA) is 33.1 Å². The summed E-state index contributed by atoms with van der Waals surface area (Å²) in [4.78, 5) is 3.98. The number of nitrogens with zero attached hydrogens (tertiary/aromatic N) is 1. The van der Waals surface area contributed by atoms with Gasteiger partial charge in [0, 0.05) is 28.3 Å². The molecule has 2 unspecified atom stereocenters. The van der Waals surface area contributed by atoms with E-state index in [1.54, 1.807) is 12.4 Å². The molecule has 18 heavy (non-hydrogen) atoms. The highest BCUT2D eigenvalue weighted by atomic mass is 79.9. The Balaban J connectivity index is 2.31. The van der Waals surface area contributed by atoms with Crippen molar-refractivity contribution >= 4 is 27.5 Å². The Morgan fingerprint density at radius 1 is 1.22 bits per heavy atom. The molecule has 2 aromatic rings. The fourth-order valence-electron chi connectivity index (χ4n) is 1.87. The Morgan fingerprint density at radius 3 is 2.56 bits per heavy atom. The van der Waals surface area contributed by atoms with Crippen molar-refractivity contribution in [2.24, 2.45) is 0 Å². The minimum atomic E-state index is -0.641. The molecule has 1 aromatic carbocycles. The van der Waals surface area contributed by atoms with Crippen LogP contribution in [0.25, 0.3) is 0 Å². The predicted octanol–water partition coefficient (Wildman–Crippen LogP) is 4.33. The molecule has 0 aliphatic carbocycles. The average Bonchev–Trinajstić information content (AvgIpc) is 2.41. The Kier molecular flexibility index (Phi) is 4.38. The number of hydrogen-bond donors (Lipinski definition) is 1. The molecule has 1 heterocycles. The molecule has 4 heteroatoms. The Labute approximate surface area is 120 Å². The molecule has 1 aromatic heterocycles. The molecular formula is C14H13BrClNO. The van der Waals surface area contributed by atoms with Crippen LogP contribution < -0.4 is 0 Å². The van der Waals surface area contributed by atoms with Gasteiger partial charge in [-0.05, 0) is 39.7 Å². The van der Waals surface area contributed by atoms with E-state index in [1.165, 1.54) is 0 Å². The molecule has 0 spiro atoms. The Morgan fingerprint density at radius 2 is 1.89 bits per heavy atom. The van der Waals surface area contributed by atoms with Gasteiger partial charge < -0.3 is 5.11 Å².